The minimum atomic E-state index is -0.317. The van der Waals surface area contributed by atoms with E-state index in [0.29, 0.717) is 11.6 Å². The van der Waals surface area contributed by atoms with E-state index >= 15 is 0 Å². The van der Waals surface area contributed by atoms with Gasteiger partial charge in [0.2, 0.25) is 0 Å². The van der Waals surface area contributed by atoms with Crippen LogP contribution in [-0.2, 0) is 4.74 Å². The fourth-order valence-corrected chi connectivity index (χ4v) is 2.28. The Hall–Kier alpha value is -1.55. The molecule has 1 saturated carbocycles. The van der Waals surface area contributed by atoms with Gasteiger partial charge in [0, 0.05) is 11.7 Å². The fraction of sp³-hybridized carbons (Fsp3) is 0.500. The van der Waals surface area contributed by atoms with Gasteiger partial charge < -0.3 is 15.2 Å². The Morgan fingerprint density at radius 3 is 2.39 bits per heavy atom. The highest BCUT2D eigenvalue weighted by Crippen LogP contribution is 2.22. The van der Waals surface area contributed by atoms with Crippen LogP contribution < -0.4 is 5.32 Å². The highest BCUT2D eigenvalue weighted by Gasteiger charge is 2.18. The Morgan fingerprint density at radius 2 is 1.83 bits per heavy atom. The number of rotatable bonds is 3. The largest absolute Gasteiger partial charge is 0.465 e. The number of anilines is 1. The van der Waals surface area contributed by atoms with Crippen molar-refractivity contribution in [1.29, 1.82) is 0 Å². The maximum absolute atomic E-state index is 11.3. The predicted octanol–water partition coefficient (Wildman–Crippen LogP) is 2.19. The number of ether oxygens (including phenoxy) is 1. The Morgan fingerprint density at radius 1 is 1.22 bits per heavy atom. The lowest BCUT2D eigenvalue weighted by atomic mass is 9.93. The average molecular weight is 249 g/mol. The van der Waals surface area contributed by atoms with Gasteiger partial charge >= 0.3 is 5.97 Å². The summed E-state index contributed by atoms with van der Waals surface area (Å²) in [5, 5.41) is 12.9. The summed E-state index contributed by atoms with van der Waals surface area (Å²) < 4.78 is 4.65. The van der Waals surface area contributed by atoms with Gasteiger partial charge in [0.15, 0.2) is 0 Å². The molecule has 1 aliphatic carbocycles. The number of esters is 1. The van der Waals surface area contributed by atoms with Gasteiger partial charge in [-0.25, -0.2) is 4.79 Å². The monoisotopic (exact) mass is 249 g/mol. The van der Waals surface area contributed by atoms with Crippen LogP contribution in [0.4, 0.5) is 5.69 Å². The first-order chi connectivity index (χ1) is 8.69. The van der Waals surface area contributed by atoms with Crippen LogP contribution in [0.2, 0.25) is 0 Å². The molecule has 18 heavy (non-hydrogen) atoms. The van der Waals surface area contributed by atoms with E-state index in [1.807, 2.05) is 12.1 Å². The van der Waals surface area contributed by atoms with Crippen molar-refractivity contribution in [3.8, 4) is 0 Å². The molecule has 0 saturated heterocycles. The second-order valence-corrected chi connectivity index (χ2v) is 4.72. The van der Waals surface area contributed by atoms with E-state index in [9.17, 15) is 9.90 Å². The zero-order chi connectivity index (χ0) is 13.0. The van der Waals surface area contributed by atoms with Crippen LogP contribution in [0.3, 0.4) is 0 Å². The molecule has 4 nitrogen and oxygen atoms in total. The second-order valence-electron chi connectivity index (χ2n) is 4.72. The molecule has 2 N–H and O–H groups in total. The lowest BCUT2D eigenvalue weighted by Crippen LogP contribution is -2.28. The summed E-state index contributed by atoms with van der Waals surface area (Å²) in [6.07, 6.45) is 3.56. The van der Waals surface area contributed by atoms with Crippen molar-refractivity contribution in [1.82, 2.24) is 0 Å². The maximum atomic E-state index is 11.3. The van der Waals surface area contributed by atoms with Gasteiger partial charge in [-0.1, -0.05) is 0 Å². The molecule has 1 aliphatic rings. The fourth-order valence-electron chi connectivity index (χ4n) is 2.28. The molecule has 0 radical (unpaired) electrons. The average Bonchev–Trinajstić information content (AvgIpc) is 2.41. The number of methoxy groups -OCH3 is 1. The van der Waals surface area contributed by atoms with Crippen molar-refractivity contribution in [2.24, 2.45) is 0 Å². The van der Waals surface area contributed by atoms with Crippen LogP contribution in [-0.4, -0.2) is 30.3 Å². The molecule has 0 spiro atoms. The first-order valence-corrected chi connectivity index (χ1v) is 6.32. The molecule has 2 rings (SSSR count). The molecule has 1 fully saturated rings. The first-order valence-electron chi connectivity index (χ1n) is 6.32. The molecule has 0 aromatic heterocycles. The van der Waals surface area contributed by atoms with Gasteiger partial charge in [0.05, 0.1) is 18.8 Å². The van der Waals surface area contributed by atoms with Crippen molar-refractivity contribution in [3.05, 3.63) is 29.8 Å². The number of nitrogens with one attached hydrogen (secondary N) is 1. The Labute approximate surface area is 107 Å². The predicted molar refractivity (Wildman–Crippen MR) is 69.7 cm³/mol. The summed E-state index contributed by atoms with van der Waals surface area (Å²) in [6, 6.07) is 7.70. The molecule has 0 unspecified atom stereocenters. The third-order valence-electron chi connectivity index (χ3n) is 3.37. The summed E-state index contributed by atoms with van der Waals surface area (Å²) in [4.78, 5) is 11.3. The molecule has 4 heteroatoms. The van der Waals surface area contributed by atoms with Crippen LogP contribution in [0.25, 0.3) is 0 Å². The van der Waals surface area contributed by atoms with Crippen molar-refractivity contribution >= 4 is 11.7 Å². The summed E-state index contributed by atoms with van der Waals surface area (Å²) in [5.41, 5.74) is 1.56. The normalized spacial score (nSPS) is 23.4. The molecule has 0 amide bonds. The van der Waals surface area contributed by atoms with Gasteiger partial charge in [-0.05, 0) is 49.9 Å². The number of carbonyl (C=O) groups excluding carboxylic acids is 1. The summed E-state index contributed by atoms with van der Waals surface area (Å²) in [7, 11) is 1.38. The summed E-state index contributed by atoms with van der Waals surface area (Å²) in [6.45, 7) is 0. The lowest BCUT2D eigenvalue weighted by molar-refractivity contribution is 0.0600. The molecule has 1 aromatic carbocycles. The minimum absolute atomic E-state index is 0.134. The van der Waals surface area contributed by atoms with Crippen LogP contribution in [0, 0.1) is 0 Å². The third kappa shape index (κ3) is 3.23. The van der Waals surface area contributed by atoms with Gasteiger partial charge in [0.1, 0.15) is 0 Å². The number of benzene rings is 1. The maximum Gasteiger partial charge on any atom is 0.337 e. The van der Waals surface area contributed by atoms with Crippen molar-refractivity contribution in [2.45, 2.75) is 37.8 Å². The summed E-state index contributed by atoms with van der Waals surface area (Å²) in [5.74, 6) is -0.317. The van der Waals surface area contributed by atoms with Gasteiger partial charge in [-0.3, -0.25) is 0 Å². The molecule has 0 aliphatic heterocycles. The first kappa shape index (κ1) is 12.9. The zero-order valence-electron chi connectivity index (χ0n) is 10.6. The van der Waals surface area contributed by atoms with E-state index in [1.54, 1.807) is 12.1 Å². The van der Waals surface area contributed by atoms with E-state index in [2.05, 4.69) is 10.1 Å². The van der Waals surface area contributed by atoms with Crippen LogP contribution >= 0.6 is 0 Å². The number of aliphatic hydroxyl groups is 1. The smallest absolute Gasteiger partial charge is 0.337 e. The molecule has 98 valence electrons. The van der Waals surface area contributed by atoms with E-state index in [-0.39, 0.29) is 12.1 Å². The van der Waals surface area contributed by atoms with E-state index in [0.717, 1.165) is 31.4 Å². The standard InChI is InChI=1S/C14H19NO3/c1-18-14(17)10-2-4-11(5-3-10)15-12-6-8-13(16)9-7-12/h2-5,12-13,15-16H,6-9H2,1H3. The topological polar surface area (TPSA) is 58.6 Å². The number of hydrogen-bond donors (Lipinski definition) is 2. The number of aliphatic hydroxyl groups excluding tert-OH is 1. The van der Waals surface area contributed by atoms with E-state index < -0.39 is 0 Å². The molecule has 1 aromatic rings. The molecular weight excluding hydrogens is 230 g/mol. The van der Waals surface area contributed by atoms with Crippen molar-refractivity contribution < 1.29 is 14.6 Å². The van der Waals surface area contributed by atoms with Crippen molar-refractivity contribution in [2.75, 3.05) is 12.4 Å². The van der Waals surface area contributed by atoms with E-state index in [4.69, 9.17) is 0 Å². The second kappa shape index (κ2) is 5.87. The van der Waals surface area contributed by atoms with Gasteiger partial charge in [0.25, 0.3) is 0 Å². The third-order valence-corrected chi connectivity index (χ3v) is 3.37. The highest BCUT2D eigenvalue weighted by atomic mass is 16.5. The van der Waals surface area contributed by atoms with Gasteiger partial charge in [-0.15, -0.1) is 0 Å². The van der Waals surface area contributed by atoms with Crippen LogP contribution in [0.1, 0.15) is 36.0 Å². The Bertz CT molecular complexity index is 394. The Balaban J connectivity index is 1.92. The number of hydrogen-bond acceptors (Lipinski definition) is 4. The van der Waals surface area contributed by atoms with Crippen molar-refractivity contribution in [3.63, 3.8) is 0 Å². The molecule has 0 bridgehead atoms. The lowest BCUT2D eigenvalue weighted by Gasteiger charge is -2.27. The Kier molecular flexibility index (Phi) is 4.20. The minimum Gasteiger partial charge on any atom is -0.465 e. The van der Waals surface area contributed by atoms with Gasteiger partial charge in [-0.2, -0.15) is 0 Å². The SMILES string of the molecule is COC(=O)c1ccc(NC2CCC(O)CC2)cc1. The van der Waals surface area contributed by atoms with Crippen LogP contribution in [0.5, 0.6) is 0 Å². The molecule has 0 atom stereocenters. The highest BCUT2D eigenvalue weighted by molar-refractivity contribution is 5.89. The quantitative estimate of drug-likeness (QED) is 0.806. The molecule has 0 heterocycles. The number of carbonyl (C=O) groups is 1. The zero-order valence-corrected chi connectivity index (χ0v) is 10.6. The van der Waals surface area contributed by atoms with E-state index in [1.165, 1.54) is 7.11 Å². The molecular formula is C14H19NO3. The summed E-state index contributed by atoms with van der Waals surface area (Å²) >= 11 is 0. The van der Waals surface area contributed by atoms with Crippen LogP contribution in [0.15, 0.2) is 24.3 Å².